The maximum absolute atomic E-state index is 13.8. The lowest BCUT2D eigenvalue weighted by Crippen LogP contribution is -2.47. The number of thioether (sulfide) groups is 1. The third-order valence-corrected chi connectivity index (χ3v) is 5.48. The monoisotopic (exact) mass is 341 g/mol. The van der Waals surface area contributed by atoms with Crippen LogP contribution in [0.4, 0.5) is 8.78 Å². The average Bonchev–Trinajstić information content (AvgIpc) is 3.27. The van der Waals surface area contributed by atoms with Crippen molar-refractivity contribution in [1.82, 2.24) is 4.90 Å². The molecule has 124 valence electrons. The first-order chi connectivity index (χ1) is 11.0. The first kappa shape index (κ1) is 16.2. The third-order valence-electron chi connectivity index (χ3n) is 4.39. The first-order valence-electron chi connectivity index (χ1n) is 7.52. The van der Waals surface area contributed by atoms with E-state index in [1.165, 1.54) is 12.1 Å². The summed E-state index contributed by atoms with van der Waals surface area (Å²) in [7, 11) is 0. The second-order valence-electron chi connectivity index (χ2n) is 5.97. The minimum atomic E-state index is -0.924. The number of hydrogen-bond donors (Lipinski definition) is 1. The molecule has 0 bridgehead atoms. The molecule has 1 aliphatic heterocycles. The molecule has 0 radical (unpaired) electrons. The molecule has 1 saturated heterocycles. The van der Waals surface area contributed by atoms with Crippen LogP contribution in [-0.2, 0) is 9.59 Å². The molecule has 2 aliphatic rings. The quantitative estimate of drug-likeness (QED) is 0.914. The Morgan fingerprint density at radius 1 is 1.35 bits per heavy atom. The number of benzene rings is 1. The molecule has 1 heterocycles. The number of halogens is 2. The van der Waals surface area contributed by atoms with Crippen LogP contribution in [-0.4, -0.2) is 46.0 Å². The predicted molar refractivity (Wildman–Crippen MR) is 82.3 cm³/mol. The van der Waals surface area contributed by atoms with Gasteiger partial charge in [-0.1, -0.05) is 6.07 Å². The van der Waals surface area contributed by atoms with Crippen molar-refractivity contribution in [3.63, 3.8) is 0 Å². The van der Waals surface area contributed by atoms with Gasteiger partial charge in [0.25, 0.3) is 0 Å². The topological polar surface area (TPSA) is 57.6 Å². The van der Waals surface area contributed by atoms with Crippen molar-refractivity contribution in [3.05, 3.63) is 35.4 Å². The zero-order valence-electron chi connectivity index (χ0n) is 12.4. The number of carboxylic acid groups (broad SMARTS) is 1. The summed E-state index contributed by atoms with van der Waals surface area (Å²) >= 11 is 1.64. The molecular weight excluding hydrogens is 324 g/mol. The van der Waals surface area contributed by atoms with Gasteiger partial charge in [0.2, 0.25) is 5.91 Å². The van der Waals surface area contributed by atoms with Crippen LogP contribution in [0.2, 0.25) is 0 Å². The molecule has 2 fully saturated rings. The summed E-state index contributed by atoms with van der Waals surface area (Å²) in [5.74, 6) is -1.45. The Hall–Kier alpha value is -1.63. The van der Waals surface area contributed by atoms with E-state index in [0.29, 0.717) is 24.3 Å². The van der Waals surface area contributed by atoms with Gasteiger partial charge in [0, 0.05) is 30.0 Å². The van der Waals surface area contributed by atoms with Crippen molar-refractivity contribution in [2.45, 2.75) is 24.8 Å². The number of rotatable bonds is 4. The summed E-state index contributed by atoms with van der Waals surface area (Å²) in [6.07, 6.45) is 0.464. The molecular formula is C16H17F2NO3S. The first-order valence-corrected chi connectivity index (χ1v) is 8.68. The number of amides is 1. The molecule has 0 aromatic heterocycles. The average molecular weight is 341 g/mol. The fraction of sp³-hybridized carbons (Fsp3) is 0.500. The van der Waals surface area contributed by atoms with Crippen LogP contribution in [0.3, 0.4) is 0 Å². The van der Waals surface area contributed by atoms with Gasteiger partial charge in [-0.25, -0.2) is 8.78 Å². The molecule has 0 spiro atoms. The molecule has 1 aliphatic carbocycles. The maximum atomic E-state index is 13.8. The number of nitrogens with zero attached hydrogens (tertiary/aromatic N) is 1. The van der Waals surface area contributed by atoms with Crippen molar-refractivity contribution < 1.29 is 23.5 Å². The smallest absolute Gasteiger partial charge is 0.305 e. The summed E-state index contributed by atoms with van der Waals surface area (Å²) in [6, 6.07) is 3.12. The van der Waals surface area contributed by atoms with E-state index in [2.05, 4.69) is 0 Å². The number of carboxylic acids is 1. The number of carbonyl (C=O) groups excluding carboxylic acids is 1. The van der Waals surface area contributed by atoms with E-state index >= 15 is 0 Å². The predicted octanol–water partition coefficient (Wildman–Crippen LogP) is 2.49. The lowest BCUT2D eigenvalue weighted by atomic mass is 10.1. The van der Waals surface area contributed by atoms with E-state index in [0.717, 1.165) is 11.8 Å². The van der Waals surface area contributed by atoms with E-state index in [-0.39, 0.29) is 30.2 Å². The molecule has 23 heavy (non-hydrogen) atoms. The zero-order valence-corrected chi connectivity index (χ0v) is 13.2. The van der Waals surface area contributed by atoms with E-state index in [4.69, 9.17) is 5.11 Å². The van der Waals surface area contributed by atoms with E-state index < -0.39 is 17.6 Å². The van der Waals surface area contributed by atoms with Crippen molar-refractivity contribution in [2.75, 3.05) is 18.1 Å². The number of aliphatic carboxylic acids is 1. The Balaban J connectivity index is 1.70. The largest absolute Gasteiger partial charge is 0.481 e. The van der Waals surface area contributed by atoms with Gasteiger partial charge in [-0.2, -0.15) is 11.8 Å². The molecule has 1 amide bonds. The fourth-order valence-corrected chi connectivity index (χ4v) is 4.20. The van der Waals surface area contributed by atoms with Gasteiger partial charge in [0.1, 0.15) is 11.6 Å². The van der Waals surface area contributed by atoms with Crippen LogP contribution >= 0.6 is 11.8 Å². The lowest BCUT2D eigenvalue weighted by molar-refractivity contribution is -0.140. The van der Waals surface area contributed by atoms with Crippen molar-refractivity contribution >= 4 is 23.6 Å². The van der Waals surface area contributed by atoms with Crippen LogP contribution in [0.15, 0.2) is 18.2 Å². The second kappa shape index (κ2) is 6.47. The molecule has 1 aromatic rings. The standard InChI is InChI=1S/C16H17F2NO3S/c17-9-1-2-11(14(18)5-9)12-7-13(12)16(22)19-3-4-23-8-10(19)6-15(20)21/h1-2,5,10,12-13H,3-4,6-8H2,(H,20,21). The van der Waals surface area contributed by atoms with Crippen molar-refractivity contribution in [3.8, 4) is 0 Å². The molecule has 3 rings (SSSR count). The Morgan fingerprint density at radius 3 is 2.83 bits per heavy atom. The van der Waals surface area contributed by atoms with Crippen LogP contribution in [0.1, 0.15) is 24.3 Å². The fourth-order valence-electron chi connectivity index (χ4n) is 3.14. The summed E-state index contributed by atoms with van der Waals surface area (Å²) in [4.78, 5) is 25.2. The highest BCUT2D eigenvalue weighted by Gasteiger charge is 2.48. The number of carbonyl (C=O) groups is 2. The minimum absolute atomic E-state index is 0.0684. The SMILES string of the molecule is O=C(O)CC1CSCCN1C(=O)C1CC1c1ccc(F)cc1F. The molecule has 4 nitrogen and oxygen atoms in total. The normalized spacial score (nSPS) is 26.9. The third kappa shape index (κ3) is 3.49. The summed E-state index contributed by atoms with van der Waals surface area (Å²) in [6.45, 7) is 0.524. The molecule has 7 heteroatoms. The van der Waals surface area contributed by atoms with Crippen LogP contribution < -0.4 is 0 Å². The molecule has 1 saturated carbocycles. The van der Waals surface area contributed by atoms with Gasteiger partial charge in [0.15, 0.2) is 0 Å². The molecule has 3 unspecified atom stereocenters. The molecule has 1 N–H and O–H groups in total. The second-order valence-corrected chi connectivity index (χ2v) is 7.12. The van der Waals surface area contributed by atoms with E-state index in [1.807, 2.05) is 0 Å². The Bertz CT molecular complexity index is 640. The zero-order chi connectivity index (χ0) is 16.6. The van der Waals surface area contributed by atoms with Crippen molar-refractivity contribution in [2.24, 2.45) is 5.92 Å². The summed E-state index contributed by atoms with van der Waals surface area (Å²) in [5, 5.41) is 8.98. The van der Waals surface area contributed by atoms with E-state index in [1.54, 1.807) is 16.7 Å². The Labute approximate surface area is 136 Å². The minimum Gasteiger partial charge on any atom is -0.481 e. The van der Waals surface area contributed by atoms with E-state index in [9.17, 15) is 18.4 Å². The van der Waals surface area contributed by atoms with Gasteiger partial charge in [-0.3, -0.25) is 9.59 Å². The summed E-state index contributed by atoms with van der Waals surface area (Å²) in [5.41, 5.74) is 0.367. The van der Waals surface area contributed by atoms with Crippen molar-refractivity contribution in [1.29, 1.82) is 0 Å². The van der Waals surface area contributed by atoms with Crippen LogP contribution in [0.5, 0.6) is 0 Å². The van der Waals surface area contributed by atoms with Crippen LogP contribution in [0.25, 0.3) is 0 Å². The highest BCUT2D eigenvalue weighted by Crippen LogP contribution is 2.49. The van der Waals surface area contributed by atoms with Gasteiger partial charge in [-0.15, -0.1) is 0 Å². The van der Waals surface area contributed by atoms with Gasteiger partial charge in [-0.05, 0) is 24.0 Å². The van der Waals surface area contributed by atoms with Gasteiger partial charge < -0.3 is 10.0 Å². The Kier molecular flexibility index (Phi) is 4.57. The molecule has 1 aromatic carbocycles. The highest BCUT2D eigenvalue weighted by atomic mass is 32.2. The van der Waals surface area contributed by atoms with Crippen LogP contribution in [0, 0.1) is 17.6 Å². The summed E-state index contributed by atoms with van der Waals surface area (Å²) < 4.78 is 26.8. The highest BCUT2D eigenvalue weighted by molar-refractivity contribution is 7.99. The van der Waals surface area contributed by atoms with Gasteiger partial charge >= 0.3 is 5.97 Å². The number of hydrogen-bond acceptors (Lipinski definition) is 3. The molecule has 3 atom stereocenters. The van der Waals surface area contributed by atoms with Gasteiger partial charge in [0.05, 0.1) is 12.5 Å². The maximum Gasteiger partial charge on any atom is 0.305 e. The Morgan fingerprint density at radius 2 is 2.13 bits per heavy atom. The lowest BCUT2D eigenvalue weighted by Gasteiger charge is -2.35.